The van der Waals surface area contributed by atoms with Crippen molar-refractivity contribution in [3.05, 3.63) is 0 Å². The molecule has 1 saturated carbocycles. The lowest BCUT2D eigenvalue weighted by Gasteiger charge is -2.30. The molecule has 0 radical (unpaired) electrons. The summed E-state index contributed by atoms with van der Waals surface area (Å²) in [5.41, 5.74) is 0. The Labute approximate surface area is 164 Å². The van der Waals surface area contributed by atoms with Crippen molar-refractivity contribution in [2.45, 2.75) is 45.7 Å². The fraction of sp³-hybridized carbons (Fsp3) is 0.812. The van der Waals surface area contributed by atoms with Crippen LogP contribution in [0, 0.1) is 17.8 Å². The number of carboxylic acid groups (broad SMARTS) is 2. The van der Waals surface area contributed by atoms with Crippen LogP contribution in [-0.4, -0.2) is 52.3 Å². The first-order valence-corrected chi connectivity index (χ1v) is 11.0. The molecule has 0 saturated heterocycles. The molecule has 1 rings (SSSR count). The van der Waals surface area contributed by atoms with Gasteiger partial charge in [0.05, 0.1) is 6.42 Å². The van der Waals surface area contributed by atoms with E-state index in [0.29, 0.717) is 24.1 Å². The molecule has 0 aromatic rings. The second-order valence-corrected chi connectivity index (χ2v) is 9.20. The molecule has 0 aliphatic heterocycles. The van der Waals surface area contributed by atoms with E-state index in [0.717, 1.165) is 18.6 Å². The molecule has 0 bridgehead atoms. The lowest BCUT2D eigenvalue weighted by molar-refractivity contribution is -0.192. The van der Waals surface area contributed by atoms with Crippen molar-refractivity contribution in [3.8, 4) is 0 Å². The van der Waals surface area contributed by atoms with Crippen molar-refractivity contribution in [2.75, 3.05) is 18.1 Å². The molecule has 2 unspecified atom stereocenters. The number of carbonyl (C=O) groups is 3. The maximum atomic E-state index is 12.1. The van der Waals surface area contributed by atoms with Crippen LogP contribution in [-0.2, 0) is 14.4 Å². The molecular formula is C16H26F3NO5S2. The van der Waals surface area contributed by atoms with Gasteiger partial charge >= 0.3 is 18.1 Å². The molecule has 0 spiro atoms. The fourth-order valence-electron chi connectivity index (χ4n) is 2.77. The molecule has 6 nitrogen and oxygen atoms in total. The standard InChI is InChI=1S/C14H25NO3S2.C2HF3O2/c1-10-7-11(2)9-12(8-10)14(18)15-4-6-20-19-5-3-13(16)17;3-2(4,5)1(6)7/h10-12H,3-9H2,1-2H3,(H,15,18)(H,16,17);(H,6,7). The number of nitrogens with one attached hydrogen (secondary N) is 1. The molecule has 158 valence electrons. The molecule has 27 heavy (non-hydrogen) atoms. The third kappa shape index (κ3) is 13.7. The fourth-order valence-corrected chi connectivity index (χ4v) is 4.65. The van der Waals surface area contributed by atoms with Crippen LogP contribution in [0.3, 0.4) is 0 Å². The average molecular weight is 434 g/mol. The third-order valence-corrected chi connectivity index (χ3v) is 6.17. The number of rotatable bonds is 8. The number of hydrogen-bond donors (Lipinski definition) is 3. The van der Waals surface area contributed by atoms with Gasteiger partial charge in [0, 0.05) is 24.0 Å². The summed E-state index contributed by atoms with van der Waals surface area (Å²) < 4.78 is 31.7. The Morgan fingerprint density at radius 1 is 1.00 bits per heavy atom. The van der Waals surface area contributed by atoms with E-state index in [9.17, 15) is 22.8 Å². The van der Waals surface area contributed by atoms with Crippen molar-refractivity contribution in [3.63, 3.8) is 0 Å². The second kappa shape index (κ2) is 13.1. The van der Waals surface area contributed by atoms with E-state index in [1.54, 1.807) is 21.6 Å². The first kappa shape index (κ1) is 25.9. The first-order chi connectivity index (χ1) is 12.4. The minimum absolute atomic E-state index is 0.179. The number of carbonyl (C=O) groups excluding carboxylic acids is 1. The van der Waals surface area contributed by atoms with Gasteiger partial charge in [0.15, 0.2) is 0 Å². The molecule has 0 aromatic heterocycles. The molecule has 1 aliphatic rings. The first-order valence-electron chi connectivity index (χ1n) is 8.47. The Morgan fingerprint density at radius 2 is 1.48 bits per heavy atom. The van der Waals surface area contributed by atoms with E-state index < -0.39 is 18.1 Å². The van der Waals surface area contributed by atoms with Gasteiger partial charge in [-0.2, -0.15) is 13.2 Å². The van der Waals surface area contributed by atoms with E-state index in [-0.39, 0.29) is 18.2 Å². The van der Waals surface area contributed by atoms with Crippen LogP contribution in [0.4, 0.5) is 13.2 Å². The molecule has 0 aromatic carbocycles. The Kier molecular flexibility index (Phi) is 12.6. The van der Waals surface area contributed by atoms with E-state index in [1.165, 1.54) is 6.42 Å². The van der Waals surface area contributed by atoms with Gasteiger partial charge in [0.25, 0.3) is 0 Å². The Bertz CT molecular complexity index is 481. The predicted octanol–water partition coefficient (Wildman–Crippen LogP) is 3.66. The molecule has 1 amide bonds. The molecular weight excluding hydrogens is 407 g/mol. The van der Waals surface area contributed by atoms with E-state index in [4.69, 9.17) is 15.0 Å². The van der Waals surface area contributed by atoms with Gasteiger partial charge in [-0.3, -0.25) is 9.59 Å². The van der Waals surface area contributed by atoms with Crippen molar-refractivity contribution < 1.29 is 37.8 Å². The van der Waals surface area contributed by atoms with Gasteiger partial charge in [-0.25, -0.2) is 4.79 Å². The molecule has 1 fully saturated rings. The summed E-state index contributed by atoms with van der Waals surface area (Å²) in [6.07, 6.45) is -1.63. The Morgan fingerprint density at radius 3 is 1.93 bits per heavy atom. The smallest absolute Gasteiger partial charge is 0.481 e. The predicted molar refractivity (Wildman–Crippen MR) is 99.5 cm³/mol. The topological polar surface area (TPSA) is 104 Å². The van der Waals surface area contributed by atoms with Crippen LogP contribution in [0.2, 0.25) is 0 Å². The van der Waals surface area contributed by atoms with Gasteiger partial charge in [0.2, 0.25) is 5.91 Å². The minimum atomic E-state index is -5.08. The summed E-state index contributed by atoms with van der Waals surface area (Å²) in [4.78, 5) is 31.3. The number of aliphatic carboxylic acids is 2. The van der Waals surface area contributed by atoms with E-state index in [2.05, 4.69) is 19.2 Å². The monoisotopic (exact) mass is 433 g/mol. The van der Waals surface area contributed by atoms with E-state index >= 15 is 0 Å². The summed E-state index contributed by atoms with van der Waals surface area (Å²) in [5, 5.41) is 18.6. The average Bonchev–Trinajstić information content (AvgIpc) is 2.52. The van der Waals surface area contributed by atoms with Crippen molar-refractivity contribution in [1.82, 2.24) is 5.32 Å². The Hall–Kier alpha value is -1.10. The zero-order valence-corrected chi connectivity index (χ0v) is 16.9. The molecule has 2 atom stereocenters. The molecule has 0 heterocycles. The normalized spacial score (nSPS) is 22.3. The van der Waals surface area contributed by atoms with Gasteiger partial charge in [-0.1, -0.05) is 35.4 Å². The minimum Gasteiger partial charge on any atom is -0.481 e. The maximum Gasteiger partial charge on any atom is 0.490 e. The highest BCUT2D eigenvalue weighted by Crippen LogP contribution is 2.32. The number of hydrogen-bond acceptors (Lipinski definition) is 5. The van der Waals surface area contributed by atoms with Crippen molar-refractivity contribution in [1.29, 1.82) is 0 Å². The van der Waals surface area contributed by atoms with Crippen LogP contribution in [0.15, 0.2) is 0 Å². The SMILES string of the molecule is CC1CC(C)CC(C(=O)NCCSSCCC(=O)O)C1.O=C(O)C(F)(F)F. The zero-order chi connectivity index (χ0) is 21.0. The zero-order valence-electron chi connectivity index (χ0n) is 15.3. The van der Waals surface area contributed by atoms with Crippen LogP contribution in [0.25, 0.3) is 0 Å². The third-order valence-electron chi connectivity index (χ3n) is 3.76. The van der Waals surface area contributed by atoms with Crippen LogP contribution < -0.4 is 5.32 Å². The van der Waals surface area contributed by atoms with Gasteiger partial charge in [-0.15, -0.1) is 0 Å². The van der Waals surface area contributed by atoms with Crippen molar-refractivity contribution in [2.24, 2.45) is 17.8 Å². The van der Waals surface area contributed by atoms with Gasteiger partial charge < -0.3 is 15.5 Å². The van der Waals surface area contributed by atoms with Crippen LogP contribution in [0.1, 0.15) is 39.5 Å². The number of alkyl halides is 3. The van der Waals surface area contributed by atoms with Crippen LogP contribution >= 0.6 is 21.6 Å². The summed E-state index contributed by atoms with van der Waals surface area (Å²) >= 11 is 0. The second-order valence-electron chi connectivity index (χ2n) is 6.50. The summed E-state index contributed by atoms with van der Waals surface area (Å²) in [7, 11) is 3.18. The quantitative estimate of drug-likeness (QED) is 0.396. The highest BCUT2D eigenvalue weighted by molar-refractivity contribution is 8.76. The lowest BCUT2D eigenvalue weighted by Crippen LogP contribution is -2.36. The maximum absolute atomic E-state index is 12.1. The van der Waals surface area contributed by atoms with Crippen LogP contribution in [0.5, 0.6) is 0 Å². The largest absolute Gasteiger partial charge is 0.490 e. The molecule has 11 heteroatoms. The highest BCUT2D eigenvalue weighted by Gasteiger charge is 2.38. The van der Waals surface area contributed by atoms with Crippen molar-refractivity contribution >= 4 is 39.4 Å². The highest BCUT2D eigenvalue weighted by atomic mass is 33.1. The summed E-state index contributed by atoms with van der Waals surface area (Å²) in [5.74, 6) is -0.400. The van der Waals surface area contributed by atoms with E-state index in [1.807, 2.05) is 0 Å². The van der Waals surface area contributed by atoms with Gasteiger partial charge in [0.1, 0.15) is 0 Å². The van der Waals surface area contributed by atoms with Gasteiger partial charge in [-0.05, 0) is 31.1 Å². The number of halogens is 3. The lowest BCUT2D eigenvalue weighted by atomic mass is 9.76. The summed E-state index contributed by atoms with van der Waals surface area (Å²) in [6, 6.07) is 0. The number of amides is 1. The molecule has 1 aliphatic carbocycles. The molecule has 3 N–H and O–H groups in total. The Balaban J connectivity index is 0.000000821. The summed E-state index contributed by atoms with van der Waals surface area (Å²) in [6.45, 7) is 5.12. The number of carboxylic acids is 2.